The molecule has 2 unspecified atom stereocenters. The van der Waals surface area contributed by atoms with Crippen LogP contribution in [0, 0.1) is 0 Å². The molecule has 1 saturated heterocycles. The first kappa shape index (κ1) is 11.4. The fourth-order valence-electron chi connectivity index (χ4n) is 2.02. The first-order valence-electron chi connectivity index (χ1n) is 5.89. The van der Waals surface area contributed by atoms with E-state index in [4.69, 9.17) is 15.0 Å². The third-order valence-electron chi connectivity index (χ3n) is 3.10. The Morgan fingerprint density at radius 1 is 1.56 bits per heavy atom. The van der Waals surface area contributed by atoms with E-state index in [0.29, 0.717) is 18.3 Å². The SMILES string of the molecule is Cn1cc(C(N)c2nc(C3CCOC3)no2)cn1. The van der Waals surface area contributed by atoms with Crippen molar-refractivity contribution in [3.63, 3.8) is 0 Å². The lowest BCUT2D eigenvalue weighted by Crippen LogP contribution is -2.12. The van der Waals surface area contributed by atoms with Gasteiger partial charge in [-0.1, -0.05) is 5.16 Å². The van der Waals surface area contributed by atoms with Gasteiger partial charge in [0.1, 0.15) is 6.04 Å². The van der Waals surface area contributed by atoms with E-state index in [1.807, 2.05) is 13.2 Å². The normalized spacial score (nSPS) is 21.3. The molecular formula is C11H15N5O2. The van der Waals surface area contributed by atoms with E-state index in [2.05, 4.69) is 15.2 Å². The summed E-state index contributed by atoms with van der Waals surface area (Å²) < 4.78 is 12.2. The lowest BCUT2D eigenvalue weighted by Gasteiger charge is -2.02. The van der Waals surface area contributed by atoms with E-state index < -0.39 is 6.04 Å². The average molecular weight is 249 g/mol. The number of rotatable bonds is 3. The van der Waals surface area contributed by atoms with Crippen LogP contribution in [-0.4, -0.2) is 33.1 Å². The Labute approximate surface area is 104 Å². The Morgan fingerprint density at radius 3 is 3.11 bits per heavy atom. The van der Waals surface area contributed by atoms with E-state index in [0.717, 1.165) is 18.6 Å². The van der Waals surface area contributed by atoms with Gasteiger partial charge in [0.25, 0.3) is 0 Å². The molecule has 1 aliphatic rings. The summed E-state index contributed by atoms with van der Waals surface area (Å²) >= 11 is 0. The minimum Gasteiger partial charge on any atom is -0.381 e. The molecule has 0 amide bonds. The summed E-state index contributed by atoms with van der Waals surface area (Å²) in [7, 11) is 1.84. The molecule has 96 valence electrons. The summed E-state index contributed by atoms with van der Waals surface area (Å²) in [6, 6.07) is -0.428. The van der Waals surface area contributed by atoms with Crippen molar-refractivity contribution in [2.75, 3.05) is 13.2 Å². The lowest BCUT2D eigenvalue weighted by atomic mass is 10.1. The molecule has 0 aliphatic carbocycles. The predicted molar refractivity (Wildman–Crippen MR) is 61.7 cm³/mol. The molecular weight excluding hydrogens is 234 g/mol. The molecule has 1 aliphatic heterocycles. The topological polar surface area (TPSA) is 92.0 Å². The fraction of sp³-hybridized carbons (Fsp3) is 0.545. The minimum atomic E-state index is -0.428. The molecule has 0 spiro atoms. The molecule has 0 saturated carbocycles. The van der Waals surface area contributed by atoms with Crippen LogP contribution in [0.2, 0.25) is 0 Å². The van der Waals surface area contributed by atoms with Gasteiger partial charge in [-0.15, -0.1) is 0 Å². The summed E-state index contributed by atoms with van der Waals surface area (Å²) in [5.41, 5.74) is 6.92. The Morgan fingerprint density at radius 2 is 2.44 bits per heavy atom. The van der Waals surface area contributed by atoms with Gasteiger partial charge in [0.15, 0.2) is 5.82 Å². The van der Waals surface area contributed by atoms with Crippen molar-refractivity contribution in [3.8, 4) is 0 Å². The van der Waals surface area contributed by atoms with E-state index in [9.17, 15) is 0 Å². The number of ether oxygens (including phenoxy) is 1. The van der Waals surface area contributed by atoms with Gasteiger partial charge in [-0.25, -0.2) is 0 Å². The fourth-order valence-corrected chi connectivity index (χ4v) is 2.02. The number of aryl methyl sites for hydroxylation is 1. The monoisotopic (exact) mass is 249 g/mol. The van der Waals surface area contributed by atoms with E-state index in [1.54, 1.807) is 10.9 Å². The summed E-state index contributed by atoms with van der Waals surface area (Å²) in [6.07, 6.45) is 4.47. The van der Waals surface area contributed by atoms with Gasteiger partial charge in [0.2, 0.25) is 5.89 Å². The number of hydrogen-bond donors (Lipinski definition) is 1. The maximum atomic E-state index is 6.06. The molecule has 2 atom stereocenters. The van der Waals surface area contributed by atoms with Crippen molar-refractivity contribution in [1.82, 2.24) is 19.9 Å². The van der Waals surface area contributed by atoms with Crippen LogP contribution < -0.4 is 5.73 Å². The third-order valence-corrected chi connectivity index (χ3v) is 3.10. The van der Waals surface area contributed by atoms with Crippen LogP contribution in [0.15, 0.2) is 16.9 Å². The van der Waals surface area contributed by atoms with Crippen molar-refractivity contribution in [1.29, 1.82) is 0 Å². The minimum absolute atomic E-state index is 0.226. The highest BCUT2D eigenvalue weighted by Gasteiger charge is 2.25. The maximum absolute atomic E-state index is 6.06. The number of nitrogens with two attached hydrogens (primary N) is 1. The smallest absolute Gasteiger partial charge is 0.248 e. The van der Waals surface area contributed by atoms with Crippen LogP contribution >= 0.6 is 0 Å². The molecule has 7 nitrogen and oxygen atoms in total. The summed E-state index contributed by atoms with van der Waals surface area (Å²) in [4.78, 5) is 4.36. The second-order valence-corrected chi connectivity index (χ2v) is 4.48. The standard InChI is InChI=1S/C11H15N5O2/c1-16-5-8(4-13-16)9(12)11-14-10(15-18-11)7-2-3-17-6-7/h4-5,7,9H,2-3,6,12H2,1H3. The van der Waals surface area contributed by atoms with Crippen LogP contribution in [-0.2, 0) is 11.8 Å². The molecule has 0 radical (unpaired) electrons. The van der Waals surface area contributed by atoms with Crippen molar-refractivity contribution in [2.24, 2.45) is 12.8 Å². The van der Waals surface area contributed by atoms with Crippen LogP contribution in [0.3, 0.4) is 0 Å². The summed E-state index contributed by atoms with van der Waals surface area (Å²) in [5, 5.41) is 8.05. The zero-order valence-corrected chi connectivity index (χ0v) is 10.1. The largest absolute Gasteiger partial charge is 0.381 e. The average Bonchev–Trinajstić information content (AvgIpc) is 3.09. The van der Waals surface area contributed by atoms with Crippen molar-refractivity contribution in [3.05, 3.63) is 29.7 Å². The maximum Gasteiger partial charge on any atom is 0.248 e. The Balaban J connectivity index is 1.80. The van der Waals surface area contributed by atoms with Crippen molar-refractivity contribution >= 4 is 0 Å². The quantitative estimate of drug-likeness (QED) is 0.844. The molecule has 0 aromatic carbocycles. The highest BCUT2D eigenvalue weighted by Crippen LogP contribution is 2.24. The van der Waals surface area contributed by atoms with Gasteiger partial charge in [-0.05, 0) is 6.42 Å². The van der Waals surface area contributed by atoms with Crippen molar-refractivity contribution in [2.45, 2.75) is 18.4 Å². The molecule has 0 bridgehead atoms. The first-order valence-corrected chi connectivity index (χ1v) is 5.89. The summed E-state index contributed by atoms with van der Waals surface area (Å²) in [5.74, 6) is 1.33. The van der Waals surface area contributed by atoms with Gasteiger partial charge < -0.3 is 15.0 Å². The van der Waals surface area contributed by atoms with E-state index in [1.165, 1.54) is 0 Å². The van der Waals surface area contributed by atoms with E-state index in [-0.39, 0.29) is 5.92 Å². The Hall–Kier alpha value is -1.73. The highest BCUT2D eigenvalue weighted by molar-refractivity contribution is 5.17. The van der Waals surface area contributed by atoms with Gasteiger partial charge in [0, 0.05) is 31.3 Å². The van der Waals surface area contributed by atoms with Gasteiger partial charge >= 0.3 is 0 Å². The lowest BCUT2D eigenvalue weighted by molar-refractivity contribution is 0.192. The molecule has 3 heterocycles. The van der Waals surface area contributed by atoms with Crippen molar-refractivity contribution < 1.29 is 9.26 Å². The van der Waals surface area contributed by atoms with Gasteiger partial charge in [-0.3, -0.25) is 4.68 Å². The molecule has 3 rings (SSSR count). The molecule has 2 aromatic heterocycles. The third kappa shape index (κ3) is 2.02. The number of aromatic nitrogens is 4. The zero-order valence-electron chi connectivity index (χ0n) is 10.1. The van der Waals surface area contributed by atoms with Gasteiger partial charge in [0.05, 0.1) is 12.8 Å². The van der Waals surface area contributed by atoms with Crippen LogP contribution in [0.25, 0.3) is 0 Å². The van der Waals surface area contributed by atoms with E-state index >= 15 is 0 Å². The molecule has 2 N–H and O–H groups in total. The Kier molecular flexibility index (Phi) is 2.85. The predicted octanol–water partition coefficient (Wildman–Crippen LogP) is 0.355. The highest BCUT2D eigenvalue weighted by atomic mass is 16.5. The molecule has 18 heavy (non-hydrogen) atoms. The number of nitrogens with zero attached hydrogens (tertiary/aromatic N) is 4. The second kappa shape index (κ2) is 4.51. The van der Waals surface area contributed by atoms with Crippen LogP contribution in [0.5, 0.6) is 0 Å². The summed E-state index contributed by atoms with van der Waals surface area (Å²) in [6.45, 7) is 1.41. The van der Waals surface area contributed by atoms with Crippen LogP contribution in [0.4, 0.5) is 0 Å². The Bertz CT molecular complexity index is 529. The van der Waals surface area contributed by atoms with Gasteiger partial charge in [-0.2, -0.15) is 10.1 Å². The number of hydrogen-bond acceptors (Lipinski definition) is 6. The molecule has 2 aromatic rings. The second-order valence-electron chi connectivity index (χ2n) is 4.48. The zero-order chi connectivity index (χ0) is 12.5. The molecule has 1 fully saturated rings. The molecule has 7 heteroatoms. The first-order chi connectivity index (χ1) is 8.74. The van der Waals surface area contributed by atoms with Crippen LogP contribution in [0.1, 0.15) is 35.7 Å².